The Labute approximate surface area is 274 Å². The van der Waals surface area contributed by atoms with Crippen LogP contribution in [-0.4, -0.2) is 0 Å². The Bertz CT molecular complexity index is 2620. The van der Waals surface area contributed by atoms with Crippen molar-refractivity contribution < 1.29 is 0 Å². The molecule has 0 fully saturated rings. The molecule has 0 bridgehead atoms. The van der Waals surface area contributed by atoms with Crippen LogP contribution in [0.2, 0.25) is 0 Å². The number of fused-ring (bicyclic) bond motifs is 10. The third-order valence-corrected chi connectivity index (χ3v) is 10.5. The molecule has 9 aromatic rings. The quantitative estimate of drug-likeness (QED) is 0.179. The Kier molecular flexibility index (Phi) is 5.59. The Balaban J connectivity index is 1.29. The van der Waals surface area contributed by atoms with Gasteiger partial charge in [-0.15, -0.1) is 0 Å². The predicted octanol–water partition coefficient (Wildman–Crippen LogP) is 12.3. The van der Waals surface area contributed by atoms with E-state index in [1.165, 1.54) is 87.6 Å². The van der Waals surface area contributed by atoms with Gasteiger partial charge in [0.05, 0.1) is 5.41 Å². The summed E-state index contributed by atoms with van der Waals surface area (Å²) in [4.78, 5) is 0. The number of hydrogen-bond donors (Lipinski definition) is 0. The van der Waals surface area contributed by atoms with E-state index in [1.807, 2.05) is 0 Å². The second kappa shape index (κ2) is 10.0. The standard InChI is InChI=1S/C47H30/c1-3-14-34(15-4-1)47(35-16-5-2-6-17-35)45-22-12-11-21-41(45)42-28-25-32-29-33(24-26-37(32)46(42)47)43-30-44-36-18-8-7-13-31(36)23-27-40(44)38-19-9-10-20-39(38)43/h1-30H. The average molecular weight is 595 g/mol. The first-order valence-corrected chi connectivity index (χ1v) is 16.4. The van der Waals surface area contributed by atoms with Gasteiger partial charge in [-0.05, 0) is 99.7 Å². The number of rotatable bonds is 3. The van der Waals surface area contributed by atoms with E-state index in [0.717, 1.165) is 0 Å². The van der Waals surface area contributed by atoms with Crippen LogP contribution in [0.3, 0.4) is 0 Å². The maximum atomic E-state index is 2.42. The molecule has 0 saturated heterocycles. The smallest absolute Gasteiger partial charge is 0.0622 e. The first-order chi connectivity index (χ1) is 23.3. The molecular weight excluding hydrogens is 565 g/mol. The molecule has 47 heavy (non-hydrogen) atoms. The molecule has 218 valence electrons. The monoisotopic (exact) mass is 594 g/mol. The second-order valence-electron chi connectivity index (χ2n) is 12.8. The maximum Gasteiger partial charge on any atom is 0.0719 e. The Morgan fingerprint density at radius 2 is 0.894 bits per heavy atom. The molecule has 9 aromatic carbocycles. The van der Waals surface area contributed by atoms with Gasteiger partial charge in [0.1, 0.15) is 0 Å². The lowest BCUT2D eigenvalue weighted by Gasteiger charge is -2.34. The van der Waals surface area contributed by atoms with Crippen LogP contribution in [0.25, 0.3) is 65.3 Å². The highest BCUT2D eigenvalue weighted by Crippen LogP contribution is 2.58. The summed E-state index contributed by atoms with van der Waals surface area (Å²) in [6, 6.07) is 67.6. The lowest BCUT2D eigenvalue weighted by Crippen LogP contribution is -2.28. The van der Waals surface area contributed by atoms with Crippen LogP contribution in [0.1, 0.15) is 22.3 Å². The van der Waals surface area contributed by atoms with Crippen molar-refractivity contribution in [2.75, 3.05) is 0 Å². The lowest BCUT2D eigenvalue weighted by atomic mass is 9.66. The second-order valence-corrected chi connectivity index (χ2v) is 12.8. The molecule has 1 aliphatic rings. The third kappa shape index (κ3) is 3.64. The fourth-order valence-electron chi connectivity index (χ4n) is 8.55. The van der Waals surface area contributed by atoms with Crippen LogP contribution >= 0.6 is 0 Å². The molecule has 0 saturated carbocycles. The molecule has 0 aromatic heterocycles. The molecule has 0 radical (unpaired) electrons. The van der Waals surface area contributed by atoms with Gasteiger partial charge in [-0.1, -0.05) is 170 Å². The highest BCUT2D eigenvalue weighted by Gasteiger charge is 2.46. The minimum Gasteiger partial charge on any atom is -0.0622 e. The lowest BCUT2D eigenvalue weighted by molar-refractivity contribution is 0.775. The summed E-state index contributed by atoms with van der Waals surface area (Å²) in [5, 5.41) is 10.3. The number of hydrogen-bond acceptors (Lipinski definition) is 0. The zero-order valence-corrected chi connectivity index (χ0v) is 25.8. The first kappa shape index (κ1) is 26.3. The van der Waals surface area contributed by atoms with Gasteiger partial charge in [-0.25, -0.2) is 0 Å². The fraction of sp³-hybridized carbons (Fsp3) is 0.0213. The summed E-state index contributed by atoms with van der Waals surface area (Å²) in [5.74, 6) is 0. The van der Waals surface area contributed by atoms with Gasteiger partial charge in [-0.2, -0.15) is 0 Å². The summed E-state index contributed by atoms with van der Waals surface area (Å²) in [7, 11) is 0. The van der Waals surface area contributed by atoms with Crippen molar-refractivity contribution in [2.24, 2.45) is 0 Å². The van der Waals surface area contributed by atoms with Crippen molar-refractivity contribution >= 4 is 43.1 Å². The zero-order chi connectivity index (χ0) is 31.0. The Hall–Kier alpha value is -5.98. The minimum absolute atomic E-state index is 0.427. The van der Waals surface area contributed by atoms with Gasteiger partial charge >= 0.3 is 0 Å². The fourth-order valence-corrected chi connectivity index (χ4v) is 8.55. The zero-order valence-electron chi connectivity index (χ0n) is 25.8. The first-order valence-electron chi connectivity index (χ1n) is 16.4. The Morgan fingerprint density at radius 3 is 1.68 bits per heavy atom. The van der Waals surface area contributed by atoms with Crippen molar-refractivity contribution in [3.05, 3.63) is 204 Å². The van der Waals surface area contributed by atoms with Gasteiger partial charge in [-0.3, -0.25) is 0 Å². The summed E-state index contributed by atoms with van der Waals surface area (Å²) >= 11 is 0. The van der Waals surface area contributed by atoms with E-state index in [0.29, 0.717) is 0 Å². The third-order valence-electron chi connectivity index (χ3n) is 10.5. The molecular formula is C47H30. The van der Waals surface area contributed by atoms with Gasteiger partial charge in [0, 0.05) is 0 Å². The predicted molar refractivity (Wildman–Crippen MR) is 199 cm³/mol. The highest BCUT2D eigenvalue weighted by atomic mass is 14.5. The van der Waals surface area contributed by atoms with E-state index in [2.05, 4.69) is 182 Å². The van der Waals surface area contributed by atoms with E-state index >= 15 is 0 Å². The average Bonchev–Trinajstić information content (AvgIpc) is 3.46. The van der Waals surface area contributed by atoms with E-state index in [4.69, 9.17) is 0 Å². The highest BCUT2D eigenvalue weighted by molar-refractivity contribution is 6.21. The van der Waals surface area contributed by atoms with Crippen LogP contribution in [0.5, 0.6) is 0 Å². The largest absolute Gasteiger partial charge is 0.0719 e. The molecule has 10 rings (SSSR count). The van der Waals surface area contributed by atoms with Crippen molar-refractivity contribution in [1.82, 2.24) is 0 Å². The van der Waals surface area contributed by atoms with E-state index in [9.17, 15) is 0 Å². The van der Waals surface area contributed by atoms with E-state index in [1.54, 1.807) is 0 Å². The summed E-state index contributed by atoms with van der Waals surface area (Å²) in [6.45, 7) is 0. The topological polar surface area (TPSA) is 0 Å². The molecule has 0 atom stereocenters. The molecule has 0 amide bonds. The molecule has 0 unspecified atom stereocenters. The van der Waals surface area contributed by atoms with Gasteiger partial charge in [0.2, 0.25) is 0 Å². The van der Waals surface area contributed by atoms with Crippen molar-refractivity contribution in [3.8, 4) is 22.3 Å². The van der Waals surface area contributed by atoms with Gasteiger partial charge < -0.3 is 0 Å². The summed E-state index contributed by atoms with van der Waals surface area (Å²) < 4.78 is 0. The van der Waals surface area contributed by atoms with Crippen molar-refractivity contribution in [1.29, 1.82) is 0 Å². The van der Waals surface area contributed by atoms with Gasteiger partial charge in [0.15, 0.2) is 0 Å². The van der Waals surface area contributed by atoms with Crippen LogP contribution in [0.4, 0.5) is 0 Å². The molecule has 0 N–H and O–H groups in total. The molecule has 0 heteroatoms. The Morgan fingerprint density at radius 1 is 0.298 bits per heavy atom. The normalized spacial score (nSPS) is 13.3. The number of benzene rings is 9. The molecule has 0 heterocycles. The summed E-state index contributed by atoms with van der Waals surface area (Å²) in [6.07, 6.45) is 0. The molecule has 1 aliphatic carbocycles. The van der Waals surface area contributed by atoms with E-state index in [-0.39, 0.29) is 0 Å². The SMILES string of the molecule is c1ccc(C2(c3ccccc3)c3ccccc3-c3ccc4cc(-c5cc6c7ccccc7ccc6c6ccccc56)ccc4c32)cc1. The summed E-state index contributed by atoms with van der Waals surface area (Å²) in [5.41, 5.74) is 10.0. The minimum atomic E-state index is -0.427. The molecule has 0 nitrogen and oxygen atoms in total. The van der Waals surface area contributed by atoms with Gasteiger partial charge in [0.25, 0.3) is 0 Å². The molecule has 0 aliphatic heterocycles. The van der Waals surface area contributed by atoms with Crippen molar-refractivity contribution in [2.45, 2.75) is 5.41 Å². The molecule has 0 spiro atoms. The van der Waals surface area contributed by atoms with Crippen LogP contribution in [0, 0.1) is 0 Å². The van der Waals surface area contributed by atoms with Crippen molar-refractivity contribution in [3.63, 3.8) is 0 Å². The van der Waals surface area contributed by atoms with Crippen LogP contribution < -0.4 is 0 Å². The van der Waals surface area contributed by atoms with Crippen LogP contribution in [-0.2, 0) is 5.41 Å². The maximum absolute atomic E-state index is 2.42. The van der Waals surface area contributed by atoms with E-state index < -0.39 is 5.41 Å². The van der Waals surface area contributed by atoms with Crippen LogP contribution in [0.15, 0.2) is 182 Å².